The third-order valence-corrected chi connectivity index (χ3v) is 2.34. The topological polar surface area (TPSA) is 64.3 Å². The molecule has 0 bridgehead atoms. The van der Waals surface area contributed by atoms with E-state index in [2.05, 4.69) is 5.10 Å². The van der Waals surface area contributed by atoms with E-state index in [1.807, 2.05) is 0 Å². The van der Waals surface area contributed by atoms with Crippen molar-refractivity contribution in [1.29, 1.82) is 0 Å². The molecule has 5 nitrogen and oxygen atoms in total. The molecule has 0 saturated carbocycles. The van der Waals surface area contributed by atoms with Crippen LogP contribution in [0.2, 0.25) is 0 Å². The van der Waals surface area contributed by atoms with Gasteiger partial charge < -0.3 is 9.84 Å². The number of carboxylic acids is 1. The molecule has 2 heterocycles. The molecule has 0 atom stereocenters. The van der Waals surface area contributed by atoms with Gasteiger partial charge >= 0.3 is 5.97 Å². The van der Waals surface area contributed by atoms with Crippen molar-refractivity contribution in [3.8, 4) is 5.88 Å². The van der Waals surface area contributed by atoms with Crippen molar-refractivity contribution in [3.05, 3.63) is 11.3 Å². The van der Waals surface area contributed by atoms with Crippen LogP contribution in [0, 0.1) is 6.92 Å². The van der Waals surface area contributed by atoms with Crippen LogP contribution in [-0.2, 0) is 6.54 Å². The van der Waals surface area contributed by atoms with Crippen molar-refractivity contribution in [2.45, 2.75) is 26.3 Å². The third-order valence-electron chi connectivity index (χ3n) is 2.34. The van der Waals surface area contributed by atoms with Crippen LogP contribution in [0.4, 0.5) is 0 Å². The largest absolute Gasteiger partial charge is 0.478 e. The molecule has 1 aliphatic heterocycles. The Balaban J connectivity index is 2.45. The smallest absolute Gasteiger partial charge is 0.356 e. The quantitative estimate of drug-likeness (QED) is 0.729. The molecule has 0 aromatic carbocycles. The first-order valence-corrected chi connectivity index (χ1v) is 4.63. The van der Waals surface area contributed by atoms with E-state index < -0.39 is 5.97 Å². The predicted octanol–water partition coefficient (Wildman–Crippen LogP) is 1.06. The summed E-state index contributed by atoms with van der Waals surface area (Å²) in [5.41, 5.74) is 0.723. The van der Waals surface area contributed by atoms with Crippen LogP contribution in [0.1, 0.15) is 28.9 Å². The minimum absolute atomic E-state index is 0.0990. The van der Waals surface area contributed by atoms with Gasteiger partial charge in [0.25, 0.3) is 0 Å². The number of carboxylic acid groups (broad SMARTS) is 1. The second-order valence-corrected chi connectivity index (χ2v) is 3.36. The Bertz CT molecular complexity index is 370. The Morgan fingerprint density at radius 2 is 2.36 bits per heavy atom. The van der Waals surface area contributed by atoms with Gasteiger partial charge in [-0.1, -0.05) is 0 Å². The average molecular weight is 196 g/mol. The molecule has 0 radical (unpaired) electrons. The lowest BCUT2D eigenvalue weighted by atomic mass is 10.3. The highest BCUT2D eigenvalue weighted by Gasteiger charge is 2.21. The fourth-order valence-corrected chi connectivity index (χ4v) is 1.61. The second kappa shape index (κ2) is 3.32. The highest BCUT2D eigenvalue weighted by Crippen LogP contribution is 2.24. The fourth-order valence-electron chi connectivity index (χ4n) is 1.61. The number of ether oxygens (including phenoxy) is 1. The molecule has 0 fully saturated rings. The Morgan fingerprint density at radius 3 is 3.07 bits per heavy atom. The number of aromatic carboxylic acids is 1. The van der Waals surface area contributed by atoms with Crippen LogP contribution in [-0.4, -0.2) is 27.5 Å². The van der Waals surface area contributed by atoms with Gasteiger partial charge in [-0.25, -0.2) is 9.48 Å². The number of carbonyl (C=O) groups is 1. The first kappa shape index (κ1) is 9.05. The van der Waals surface area contributed by atoms with Gasteiger partial charge in [-0.2, -0.15) is 5.10 Å². The number of rotatable bonds is 1. The van der Waals surface area contributed by atoms with Gasteiger partial charge in [0.15, 0.2) is 5.69 Å². The van der Waals surface area contributed by atoms with Crippen molar-refractivity contribution in [2.75, 3.05) is 6.61 Å². The zero-order valence-corrected chi connectivity index (χ0v) is 7.99. The lowest BCUT2D eigenvalue weighted by Crippen LogP contribution is -2.03. The first-order valence-electron chi connectivity index (χ1n) is 4.63. The van der Waals surface area contributed by atoms with E-state index in [-0.39, 0.29) is 5.69 Å². The Hall–Kier alpha value is -1.52. The number of aromatic nitrogens is 2. The molecule has 0 aliphatic carbocycles. The molecule has 0 unspecified atom stereocenters. The van der Waals surface area contributed by atoms with E-state index in [4.69, 9.17) is 9.84 Å². The van der Waals surface area contributed by atoms with Crippen molar-refractivity contribution in [2.24, 2.45) is 0 Å². The number of fused-ring (bicyclic) bond motifs is 1. The van der Waals surface area contributed by atoms with E-state index in [1.165, 1.54) is 0 Å². The zero-order chi connectivity index (χ0) is 10.1. The molecule has 1 aliphatic rings. The maximum atomic E-state index is 10.8. The summed E-state index contributed by atoms with van der Waals surface area (Å²) in [6.45, 7) is 3.11. The second-order valence-electron chi connectivity index (χ2n) is 3.36. The summed E-state index contributed by atoms with van der Waals surface area (Å²) in [7, 11) is 0. The SMILES string of the molecule is Cc1c(C(=O)O)nn2c1OCCCC2. The number of nitrogens with zero attached hydrogens (tertiary/aromatic N) is 2. The van der Waals surface area contributed by atoms with Gasteiger partial charge in [-0.05, 0) is 19.8 Å². The molecule has 1 N–H and O–H groups in total. The van der Waals surface area contributed by atoms with E-state index in [1.54, 1.807) is 11.6 Å². The zero-order valence-electron chi connectivity index (χ0n) is 7.99. The van der Waals surface area contributed by atoms with E-state index >= 15 is 0 Å². The molecule has 5 heteroatoms. The van der Waals surface area contributed by atoms with Crippen molar-refractivity contribution >= 4 is 5.97 Å². The van der Waals surface area contributed by atoms with Crippen LogP contribution < -0.4 is 4.74 Å². The summed E-state index contributed by atoms with van der Waals surface area (Å²) < 4.78 is 7.09. The van der Waals surface area contributed by atoms with Crippen molar-refractivity contribution in [3.63, 3.8) is 0 Å². The van der Waals surface area contributed by atoms with E-state index in [0.29, 0.717) is 18.1 Å². The number of hydrogen-bond acceptors (Lipinski definition) is 3. The standard InChI is InChI=1S/C9H12N2O3/c1-6-7(9(12)13)10-11-4-2-3-5-14-8(6)11/h2-5H2,1H3,(H,12,13). The van der Waals surface area contributed by atoms with Crippen molar-refractivity contribution < 1.29 is 14.6 Å². The first-order chi connectivity index (χ1) is 6.70. The summed E-state index contributed by atoms with van der Waals surface area (Å²) in [6.07, 6.45) is 1.97. The predicted molar refractivity (Wildman–Crippen MR) is 48.7 cm³/mol. The molecule has 0 saturated heterocycles. The summed E-state index contributed by atoms with van der Waals surface area (Å²) in [5.74, 6) is -0.383. The number of aryl methyl sites for hydroxylation is 1. The van der Waals surface area contributed by atoms with Gasteiger partial charge in [0, 0.05) is 12.1 Å². The molecule has 76 valence electrons. The van der Waals surface area contributed by atoms with Gasteiger partial charge in [0.2, 0.25) is 5.88 Å². The highest BCUT2D eigenvalue weighted by molar-refractivity contribution is 5.87. The maximum absolute atomic E-state index is 10.8. The molecule has 14 heavy (non-hydrogen) atoms. The summed E-state index contributed by atoms with van der Waals surface area (Å²) >= 11 is 0. The summed E-state index contributed by atoms with van der Waals surface area (Å²) in [5, 5.41) is 12.9. The molecule has 0 spiro atoms. The lowest BCUT2D eigenvalue weighted by molar-refractivity contribution is 0.0688. The van der Waals surface area contributed by atoms with Crippen molar-refractivity contribution in [1.82, 2.24) is 9.78 Å². The molecule has 2 rings (SSSR count). The monoisotopic (exact) mass is 196 g/mol. The summed E-state index contributed by atoms with van der Waals surface area (Å²) in [6, 6.07) is 0. The van der Waals surface area contributed by atoms with Gasteiger partial charge in [0.05, 0.1) is 6.61 Å². The summed E-state index contributed by atoms with van der Waals surface area (Å²) in [4.78, 5) is 10.8. The van der Waals surface area contributed by atoms with Crippen LogP contribution >= 0.6 is 0 Å². The highest BCUT2D eigenvalue weighted by atomic mass is 16.5. The van der Waals surface area contributed by atoms with E-state index in [9.17, 15) is 4.79 Å². The molecular weight excluding hydrogens is 184 g/mol. The van der Waals surface area contributed by atoms with Gasteiger partial charge in [0.1, 0.15) is 0 Å². The van der Waals surface area contributed by atoms with Crippen LogP contribution in [0.15, 0.2) is 0 Å². The lowest BCUT2D eigenvalue weighted by Gasteiger charge is -2.02. The fraction of sp³-hybridized carbons (Fsp3) is 0.556. The Labute approximate surface area is 81.3 Å². The van der Waals surface area contributed by atoms with Gasteiger partial charge in [-0.15, -0.1) is 0 Å². The van der Waals surface area contributed by atoms with Crippen LogP contribution in [0.3, 0.4) is 0 Å². The molecule has 1 aromatic heterocycles. The molecular formula is C9H12N2O3. The minimum atomic E-state index is -0.994. The Kier molecular flexibility index (Phi) is 2.15. The minimum Gasteiger partial charge on any atom is -0.478 e. The normalized spacial score (nSPS) is 15.5. The molecule has 0 amide bonds. The van der Waals surface area contributed by atoms with E-state index in [0.717, 1.165) is 19.4 Å². The van der Waals surface area contributed by atoms with Gasteiger partial charge in [-0.3, -0.25) is 0 Å². The Morgan fingerprint density at radius 1 is 1.57 bits per heavy atom. The van der Waals surface area contributed by atoms with Crippen LogP contribution in [0.25, 0.3) is 0 Å². The molecule has 1 aromatic rings. The average Bonchev–Trinajstić information content (AvgIpc) is 2.37. The number of hydrogen-bond donors (Lipinski definition) is 1. The third kappa shape index (κ3) is 1.34. The van der Waals surface area contributed by atoms with Crippen LogP contribution in [0.5, 0.6) is 5.88 Å². The maximum Gasteiger partial charge on any atom is 0.356 e.